The van der Waals surface area contributed by atoms with E-state index in [9.17, 15) is 0 Å². The molecule has 0 atom stereocenters. The number of nitrogens with two attached hydrogens (primary N) is 1. The molecule has 3 aromatic rings. The van der Waals surface area contributed by atoms with Crippen LogP contribution in [0.15, 0.2) is 54.6 Å². The Bertz CT molecular complexity index is 678. The van der Waals surface area contributed by atoms with Crippen LogP contribution in [0.4, 0.5) is 5.82 Å². The molecule has 2 N–H and O–H groups in total. The highest BCUT2D eigenvalue weighted by molar-refractivity contribution is 5.87. The quantitative estimate of drug-likeness (QED) is 0.743. The largest absolute Gasteiger partial charge is 0.383 e. The maximum atomic E-state index is 5.96. The lowest BCUT2D eigenvalue weighted by atomic mass is 10.1. The summed E-state index contributed by atoms with van der Waals surface area (Å²) in [5, 5.41) is 0.911. The summed E-state index contributed by atoms with van der Waals surface area (Å²) in [5.74, 6) is 1.31. The predicted molar refractivity (Wildman–Crippen MR) is 73.2 cm³/mol. The lowest BCUT2D eigenvalue weighted by Gasteiger charge is -2.05. The smallest absolute Gasteiger partial charge is 0.135 e. The molecule has 1 heterocycles. The first-order valence-corrected chi connectivity index (χ1v) is 5.88. The van der Waals surface area contributed by atoms with Crippen LogP contribution < -0.4 is 5.73 Å². The van der Waals surface area contributed by atoms with Crippen molar-refractivity contribution in [2.75, 3.05) is 5.73 Å². The molecule has 0 spiro atoms. The van der Waals surface area contributed by atoms with Crippen molar-refractivity contribution in [2.24, 2.45) is 0 Å². The summed E-state index contributed by atoms with van der Waals surface area (Å²) in [6, 6.07) is 18.0. The number of anilines is 1. The summed E-state index contributed by atoms with van der Waals surface area (Å²) in [6.45, 7) is 0. The molecule has 0 fully saturated rings. The lowest BCUT2D eigenvalue weighted by molar-refractivity contribution is 0.998. The zero-order chi connectivity index (χ0) is 12.4. The summed E-state index contributed by atoms with van der Waals surface area (Å²) in [4.78, 5) is 8.90. The molecule has 0 bridgehead atoms. The van der Waals surface area contributed by atoms with Gasteiger partial charge in [0.05, 0.1) is 5.52 Å². The zero-order valence-corrected chi connectivity index (χ0v) is 9.88. The van der Waals surface area contributed by atoms with Crippen molar-refractivity contribution in [3.8, 4) is 0 Å². The van der Waals surface area contributed by atoms with E-state index in [2.05, 4.69) is 22.1 Å². The molecule has 0 unspecified atom stereocenters. The zero-order valence-electron chi connectivity index (χ0n) is 9.88. The molecule has 3 rings (SSSR count). The van der Waals surface area contributed by atoms with Crippen molar-refractivity contribution in [1.82, 2.24) is 9.97 Å². The first-order valence-electron chi connectivity index (χ1n) is 5.88. The topological polar surface area (TPSA) is 51.8 Å². The van der Waals surface area contributed by atoms with E-state index in [1.54, 1.807) is 0 Å². The highest BCUT2D eigenvalue weighted by Crippen LogP contribution is 2.18. The Labute approximate surface area is 105 Å². The average Bonchev–Trinajstić information content (AvgIpc) is 2.40. The third-order valence-electron chi connectivity index (χ3n) is 2.88. The summed E-state index contributed by atoms with van der Waals surface area (Å²) in [5.41, 5.74) is 8.05. The fourth-order valence-corrected chi connectivity index (χ4v) is 2.01. The van der Waals surface area contributed by atoms with Gasteiger partial charge in [0.15, 0.2) is 0 Å². The van der Waals surface area contributed by atoms with Crippen LogP contribution in [0.2, 0.25) is 0 Å². The molecule has 0 aliphatic carbocycles. The fourth-order valence-electron chi connectivity index (χ4n) is 2.01. The van der Waals surface area contributed by atoms with Crippen LogP contribution in [-0.2, 0) is 6.42 Å². The van der Waals surface area contributed by atoms with Crippen LogP contribution in [0.5, 0.6) is 0 Å². The number of fused-ring (bicyclic) bond motifs is 1. The molecule has 0 aliphatic heterocycles. The third kappa shape index (κ3) is 2.02. The highest BCUT2D eigenvalue weighted by atomic mass is 14.9. The van der Waals surface area contributed by atoms with E-state index in [-0.39, 0.29) is 0 Å². The number of hydrogen-bond acceptors (Lipinski definition) is 3. The number of nitrogen functional groups attached to an aromatic ring is 1. The second-order valence-electron chi connectivity index (χ2n) is 4.20. The molecular weight excluding hydrogens is 222 g/mol. The first kappa shape index (κ1) is 10.7. The maximum absolute atomic E-state index is 5.96. The number of aromatic nitrogens is 2. The predicted octanol–water partition coefficient (Wildman–Crippen LogP) is 2.80. The number of benzene rings is 2. The van der Waals surface area contributed by atoms with Crippen LogP contribution in [0.1, 0.15) is 11.4 Å². The molecule has 0 saturated heterocycles. The summed E-state index contributed by atoms with van der Waals surface area (Å²) < 4.78 is 0. The molecule has 0 saturated carbocycles. The second-order valence-corrected chi connectivity index (χ2v) is 4.20. The maximum Gasteiger partial charge on any atom is 0.135 e. The van der Waals surface area contributed by atoms with Gasteiger partial charge in [-0.25, -0.2) is 9.97 Å². The van der Waals surface area contributed by atoms with Gasteiger partial charge in [0, 0.05) is 11.8 Å². The number of para-hydroxylation sites is 1. The lowest BCUT2D eigenvalue weighted by Crippen LogP contribution is -2.01. The second kappa shape index (κ2) is 4.45. The standard InChI is InChI=1S/C15H13N3/c16-15-12-8-4-5-9-13(12)17-14(18-15)10-11-6-2-1-3-7-11/h1-9H,10H2,(H2,16,17,18). The molecule has 1 aromatic heterocycles. The molecule has 0 aliphatic rings. The Balaban J connectivity index is 2.03. The van der Waals surface area contributed by atoms with Gasteiger partial charge >= 0.3 is 0 Å². The van der Waals surface area contributed by atoms with Gasteiger partial charge in [0.1, 0.15) is 11.6 Å². The molecule has 3 nitrogen and oxygen atoms in total. The van der Waals surface area contributed by atoms with Gasteiger partial charge in [-0.1, -0.05) is 42.5 Å². The van der Waals surface area contributed by atoms with E-state index in [0.29, 0.717) is 12.2 Å². The van der Waals surface area contributed by atoms with E-state index in [4.69, 9.17) is 5.73 Å². The van der Waals surface area contributed by atoms with Crippen LogP contribution >= 0.6 is 0 Å². The van der Waals surface area contributed by atoms with Crippen molar-refractivity contribution in [1.29, 1.82) is 0 Å². The van der Waals surface area contributed by atoms with E-state index < -0.39 is 0 Å². The van der Waals surface area contributed by atoms with Gasteiger partial charge in [-0.05, 0) is 17.7 Å². The van der Waals surface area contributed by atoms with Crippen molar-refractivity contribution >= 4 is 16.7 Å². The Morgan fingerprint density at radius 2 is 1.56 bits per heavy atom. The molecule has 2 aromatic carbocycles. The Hall–Kier alpha value is -2.42. The monoisotopic (exact) mass is 235 g/mol. The van der Waals surface area contributed by atoms with E-state index in [1.165, 1.54) is 5.56 Å². The minimum absolute atomic E-state index is 0.548. The summed E-state index contributed by atoms with van der Waals surface area (Å²) in [6.07, 6.45) is 0.704. The van der Waals surface area contributed by atoms with Crippen LogP contribution in [-0.4, -0.2) is 9.97 Å². The van der Waals surface area contributed by atoms with E-state index >= 15 is 0 Å². The molecule has 0 radical (unpaired) electrons. The minimum atomic E-state index is 0.548. The van der Waals surface area contributed by atoms with Gasteiger partial charge in [-0.2, -0.15) is 0 Å². The van der Waals surface area contributed by atoms with E-state index in [0.717, 1.165) is 16.7 Å². The summed E-state index contributed by atoms with van der Waals surface area (Å²) in [7, 11) is 0. The highest BCUT2D eigenvalue weighted by Gasteiger charge is 2.05. The Morgan fingerprint density at radius 3 is 2.39 bits per heavy atom. The molecule has 3 heteroatoms. The van der Waals surface area contributed by atoms with Gasteiger partial charge in [0.2, 0.25) is 0 Å². The van der Waals surface area contributed by atoms with Crippen molar-refractivity contribution < 1.29 is 0 Å². The fraction of sp³-hybridized carbons (Fsp3) is 0.0667. The number of nitrogens with zero attached hydrogens (tertiary/aromatic N) is 2. The normalized spacial score (nSPS) is 10.7. The van der Waals surface area contributed by atoms with Gasteiger partial charge < -0.3 is 5.73 Å². The van der Waals surface area contributed by atoms with Crippen LogP contribution in [0.25, 0.3) is 10.9 Å². The Morgan fingerprint density at radius 1 is 0.833 bits per heavy atom. The van der Waals surface area contributed by atoms with Crippen molar-refractivity contribution in [3.05, 3.63) is 66.0 Å². The minimum Gasteiger partial charge on any atom is -0.383 e. The van der Waals surface area contributed by atoms with Gasteiger partial charge in [-0.15, -0.1) is 0 Å². The molecule has 88 valence electrons. The van der Waals surface area contributed by atoms with Crippen LogP contribution in [0, 0.1) is 0 Å². The van der Waals surface area contributed by atoms with Crippen molar-refractivity contribution in [3.63, 3.8) is 0 Å². The molecule has 18 heavy (non-hydrogen) atoms. The SMILES string of the molecule is Nc1nc(Cc2ccccc2)nc2ccccc12. The van der Waals surface area contributed by atoms with Gasteiger partial charge in [0.25, 0.3) is 0 Å². The molecular formula is C15H13N3. The first-order chi connectivity index (χ1) is 8.83. The Kier molecular flexibility index (Phi) is 2.65. The van der Waals surface area contributed by atoms with Gasteiger partial charge in [-0.3, -0.25) is 0 Å². The van der Waals surface area contributed by atoms with Crippen molar-refractivity contribution in [2.45, 2.75) is 6.42 Å². The van der Waals surface area contributed by atoms with E-state index in [1.807, 2.05) is 42.5 Å². The summed E-state index contributed by atoms with van der Waals surface area (Å²) >= 11 is 0. The molecule has 0 amide bonds. The number of rotatable bonds is 2. The van der Waals surface area contributed by atoms with Crippen LogP contribution in [0.3, 0.4) is 0 Å². The average molecular weight is 235 g/mol. The third-order valence-corrected chi connectivity index (χ3v) is 2.88. The number of hydrogen-bond donors (Lipinski definition) is 1.